The molecule has 1 aliphatic heterocycles. The van der Waals surface area contributed by atoms with Crippen LogP contribution < -0.4 is 9.47 Å². The first-order valence-corrected chi connectivity index (χ1v) is 9.40. The van der Waals surface area contributed by atoms with Crippen LogP contribution in [0.4, 0.5) is 0 Å². The van der Waals surface area contributed by atoms with E-state index in [9.17, 15) is 0 Å². The summed E-state index contributed by atoms with van der Waals surface area (Å²) in [7, 11) is 0. The van der Waals surface area contributed by atoms with Crippen molar-refractivity contribution in [1.82, 2.24) is 9.97 Å². The van der Waals surface area contributed by atoms with E-state index in [0.29, 0.717) is 19.1 Å². The molecule has 0 saturated carbocycles. The first kappa shape index (κ1) is 16.1. The lowest BCUT2D eigenvalue weighted by Crippen LogP contribution is -1.97. The van der Waals surface area contributed by atoms with Gasteiger partial charge < -0.3 is 9.47 Å². The molecule has 1 aromatic carbocycles. The molecule has 0 atom stereocenters. The third-order valence-electron chi connectivity index (χ3n) is 4.25. The minimum atomic E-state index is 0.434. The van der Waals surface area contributed by atoms with Gasteiger partial charge in [-0.05, 0) is 35.7 Å². The lowest BCUT2D eigenvalue weighted by Gasteiger charge is -2.09. The number of hydrogen-bond donors (Lipinski definition) is 0. The van der Waals surface area contributed by atoms with Gasteiger partial charge in [0.05, 0.1) is 18.9 Å². The Balaban J connectivity index is 1.69. The maximum Gasteiger partial charge on any atom is 0.161 e. The van der Waals surface area contributed by atoms with E-state index in [1.165, 1.54) is 5.56 Å². The molecule has 2 aromatic heterocycles. The van der Waals surface area contributed by atoms with E-state index < -0.39 is 0 Å². The van der Waals surface area contributed by atoms with Crippen molar-refractivity contribution >= 4 is 11.3 Å². The zero-order valence-corrected chi connectivity index (χ0v) is 15.2. The molecule has 25 heavy (non-hydrogen) atoms. The fraction of sp³-hybridized carbons (Fsp3) is 0.300. The summed E-state index contributed by atoms with van der Waals surface area (Å²) in [6.45, 7) is 5.77. The highest BCUT2D eigenvalue weighted by Crippen LogP contribution is 2.37. The summed E-state index contributed by atoms with van der Waals surface area (Å²) in [6, 6.07) is 8.11. The molecule has 0 saturated heterocycles. The molecular formula is C20H20N2O2S. The molecule has 0 aliphatic carbocycles. The van der Waals surface area contributed by atoms with Crippen LogP contribution in [-0.4, -0.2) is 23.2 Å². The minimum Gasteiger partial charge on any atom is -0.490 e. The number of ether oxygens (including phenoxy) is 2. The highest BCUT2D eigenvalue weighted by Gasteiger charge is 2.15. The van der Waals surface area contributed by atoms with Crippen molar-refractivity contribution in [2.45, 2.75) is 26.2 Å². The van der Waals surface area contributed by atoms with E-state index in [4.69, 9.17) is 14.5 Å². The molecule has 3 heterocycles. The Morgan fingerprint density at radius 3 is 2.76 bits per heavy atom. The van der Waals surface area contributed by atoms with Gasteiger partial charge in [0.25, 0.3) is 0 Å². The van der Waals surface area contributed by atoms with E-state index in [-0.39, 0.29) is 0 Å². The largest absolute Gasteiger partial charge is 0.490 e. The summed E-state index contributed by atoms with van der Waals surface area (Å²) in [5.74, 6) is 2.04. The first-order chi connectivity index (χ1) is 12.2. The predicted molar refractivity (Wildman–Crippen MR) is 100 cm³/mol. The molecule has 128 valence electrons. The Morgan fingerprint density at radius 2 is 1.92 bits per heavy atom. The fourth-order valence-electron chi connectivity index (χ4n) is 2.94. The Bertz CT molecular complexity index is 889. The molecule has 3 aromatic rings. The normalized spacial score (nSPS) is 13.7. The van der Waals surface area contributed by atoms with Gasteiger partial charge in [-0.2, -0.15) is 0 Å². The Morgan fingerprint density at radius 1 is 1.08 bits per heavy atom. The molecule has 0 fully saturated rings. The second-order valence-electron chi connectivity index (χ2n) is 6.37. The summed E-state index contributed by atoms with van der Waals surface area (Å²) in [5.41, 5.74) is 4.38. The van der Waals surface area contributed by atoms with E-state index in [0.717, 1.165) is 39.7 Å². The van der Waals surface area contributed by atoms with Crippen LogP contribution in [0, 0.1) is 0 Å². The Kier molecular flexibility index (Phi) is 4.40. The summed E-state index contributed by atoms with van der Waals surface area (Å²) in [6.07, 6.45) is 4.66. The van der Waals surface area contributed by atoms with Gasteiger partial charge in [-0.3, -0.25) is 4.98 Å². The molecule has 0 radical (unpaired) electrons. The number of pyridine rings is 1. The van der Waals surface area contributed by atoms with Crippen LogP contribution in [0.15, 0.2) is 42.0 Å². The van der Waals surface area contributed by atoms with Crippen molar-refractivity contribution in [2.24, 2.45) is 0 Å². The van der Waals surface area contributed by atoms with Crippen LogP contribution in [0.1, 0.15) is 31.7 Å². The molecule has 0 bridgehead atoms. The number of nitrogens with zero attached hydrogens (tertiary/aromatic N) is 2. The van der Waals surface area contributed by atoms with Crippen LogP contribution in [0.3, 0.4) is 0 Å². The second kappa shape index (κ2) is 6.84. The monoisotopic (exact) mass is 352 g/mol. The SMILES string of the molecule is CC(C)c1ccncc1-c1nc(-c2ccc3c(c2)OCCCO3)cs1. The van der Waals surface area contributed by atoms with Gasteiger partial charge >= 0.3 is 0 Å². The van der Waals surface area contributed by atoms with Crippen molar-refractivity contribution in [3.05, 3.63) is 47.6 Å². The van der Waals surface area contributed by atoms with Crippen LogP contribution >= 0.6 is 11.3 Å². The molecule has 4 rings (SSSR count). The summed E-state index contributed by atoms with van der Waals surface area (Å²) >= 11 is 1.65. The first-order valence-electron chi connectivity index (χ1n) is 8.52. The van der Waals surface area contributed by atoms with Crippen molar-refractivity contribution in [1.29, 1.82) is 0 Å². The number of aromatic nitrogens is 2. The standard InChI is InChI=1S/C20H20N2O2S/c1-13(2)15-6-7-21-11-16(15)20-22-17(12-25-20)14-4-5-18-19(10-14)24-9-3-8-23-18/h4-7,10-13H,3,8-9H2,1-2H3. The van der Waals surface area contributed by atoms with Crippen molar-refractivity contribution < 1.29 is 9.47 Å². The van der Waals surface area contributed by atoms with Crippen molar-refractivity contribution in [3.8, 4) is 33.3 Å². The molecule has 0 spiro atoms. The van der Waals surface area contributed by atoms with Gasteiger partial charge in [-0.15, -0.1) is 11.3 Å². The molecular weight excluding hydrogens is 332 g/mol. The van der Waals surface area contributed by atoms with E-state index in [1.54, 1.807) is 11.3 Å². The maximum atomic E-state index is 5.79. The molecule has 0 amide bonds. The Hall–Kier alpha value is -2.40. The third kappa shape index (κ3) is 3.24. The van der Waals surface area contributed by atoms with E-state index >= 15 is 0 Å². The van der Waals surface area contributed by atoms with Crippen LogP contribution in [-0.2, 0) is 0 Å². The lowest BCUT2D eigenvalue weighted by molar-refractivity contribution is 0.297. The van der Waals surface area contributed by atoms with Gasteiger partial charge in [0.15, 0.2) is 11.5 Å². The van der Waals surface area contributed by atoms with Gasteiger partial charge in [-0.1, -0.05) is 13.8 Å². The molecule has 1 aliphatic rings. The van der Waals surface area contributed by atoms with E-state index in [2.05, 4.69) is 30.3 Å². The van der Waals surface area contributed by atoms with Crippen LogP contribution in [0.5, 0.6) is 11.5 Å². The number of benzene rings is 1. The van der Waals surface area contributed by atoms with Gasteiger partial charge in [0, 0.05) is 35.3 Å². The molecule has 0 unspecified atom stereocenters. The van der Waals surface area contributed by atoms with Crippen molar-refractivity contribution in [3.63, 3.8) is 0 Å². The number of rotatable bonds is 3. The van der Waals surface area contributed by atoms with Gasteiger partial charge in [0.2, 0.25) is 0 Å². The summed E-state index contributed by atoms with van der Waals surface area (Å²) in [5, 5.41) is 3.09. The third-order valence-corrected chi connectivity index (χ3v) is 5.13. The highest BCUT2D eigenvalue weighted by atomic mass is 32.1. The van der Waals surface area contributed by atoms with Crippen LogP contribution in [0.25, 0.3) is 21.8 Å². The Labute approximate surface area is 151 Å². The fourth-order valence-corrected chi connectivity index (χ4v) is 3.80. The number of fused-ring (bicyclic) bond motifs is 1. The molecule has 0 N–H and O–H groups in total. The molecule has 4 nitrogen and oxygen atoms in total. The lowest BCUT2D eigenvalue weighted by atomic mass is 10.00. The average molecular weight is 352 g/mol. The van der Waals surface area contributed by atoms with Crippen molar-refractivity contribution in [2.75, 3.05) is 13.2 Å². The second-order valence-corrected chi connectivity index (χ2v) is 7.23. The zero-order chi connectivity index (χ0) is 17.2. The number of thiazole rings is 1. The topological polar surface area (TPSA) is 44.2 Å². The van der Waals surface area contributed by atoms with Crippen LogP contribution in [0.2, 0.25) is 0 Å². The predicted octanol–water partition coefficient (Wildman–Crippen LogP) is 5.16. The highest BCUT2D eigenvalue weighted by molar-refractivity contribution is 7.13. The zero-order valence-electron chi connectivity index (χ0n) is 14.4. The number of hydrogen-bond acceptors (Lipinski definition) is 5. The minimum absolute atomic E-state index is 0.434. The van der Waals surface area contributed by atoms with E-state index in [1.807, 2.05) is 30.6 Å². The summed E-state index contributed by atoms with van der Waals surface area (Å²) in [4.78, 5) is 9.13. The quantitative estimate of drug-likeness (QED) is 0.653. The van der Waals surface area contributed by atoms with Gasteiger partial charge in [-0.25, -0.2) is 4.98 Å². The average Bonchev–Trinajstić information content (AvgIpc) is 3.00. The summed E-state index contributed by atoms with van der Waals surface area (Å²) < 4.78 is 11.5. The maximum absolute atomic E-state index is 5.79. The smallest absolute Gasteiger partial charge is 0.161 e. The molecule has 5 heteroatoms. The van der Waals surface area contributed by atoms with Gasteiger partial charge in [0.1, 0.15) is 5.01 Å².